The summed E-state index contributed by atoms with van der Waals surface area (Å²) in [5.41, 5.74) is 3.31. The summed E-state index contributed by atoms with van der Waals surface area (Å²) < 4.78 is 12.7. The van der Waals surface area contributed by atoms with Crippen molar-refractivity contribution in [2.24, 2.45) is 0 Å². The summed E-state index contributed by atoms with van der Waals surface area (Å²) in [5.74, 6) is 0.462. The van der Waals surface area contributed by atoms with Crippen LogP contribution < -0.4 is 0 Å². The second-order valence-electron chi connectivity index (χ2n) is 5.39. The third-order valence-electron chi connectivity index (χ3n) is 3.51. The maximum absolute atomic E-state index is 5.56. The predicted molar refractivity (Wildman–Crippen MR) is 93.1 cm³/mol. The van der Waals surface area contributed by atoms with Crippen molar-refractivity contribution in [1.29, 1.82) is 0 Å². The third-order valence-corrected chi connectivity index (χ3v) is 3.51. The fraction of sp³-hybridized carbons (Fsp3) is 0.333. The third kappa shape index (κ3) is 4.07. The number of aromatic nitrogens is 5. The van der Waals surface area contributed by atoms with Gasteiger partial charge in [-0.05, 0) is 26.8 Å². The summed E-state index contributed by atoms with van der Waals surface area (Å²) in [5, 5.41) is 8.27. The molecule has 0 saturated carbocycles. The van der Waals surface area contributed by atoms with E-state index in [1.807, 2.05) is 57.2 Å². The highest BCUT2D eigenvalue weighted by atomic mass is 16.7. The first-order chi connectivity index (χ1) is 12.2. The lowest BCUT2D eigenvalue weighted by Gasteiger charge is -2.13. The summed E-state index contributed by atoms with van der Waals surface area (Å²) in [6, 6.07) is 11.9. The molecule has 0 bridgehead atoms. The van der Waals surface area contributed by atoms with Crippen molar-refractivity contribution in [3.8, 4) is 17.2 Å². The van der Waals surface area contributed by atoms with Gasteiger partial charge in [0.25, 0.3) is 5.95 Å². The van der Waals surface area contributed by atoms with Gasteiger partial charge in [-0.1, -0.05) is 35.5 Å². The Kier molecular flexibility index (Phi) is 5.47. The van der Waals surface area contributed by atoms with Crippen LogP contribution in [0.15, 0.2) is 42.6 Å². The van der Waals surface area contributed by atoms with E-state index < -0.39 is 6.29 Å². The van der Waals surface area contributed by atoms with Crippen LogP contribution in [0.2, 0.25) is 0 Å². The molecule has 0 spiro atoms. The van der Waals surface area contributed by atoms with Crippen LogP contribution in [0.4, 0.5) is 0 Å². The van der Waals surface area contributed by atoms with Gasteiger partial charge < -0.3 is 9.47 Å². The van der Waals surface area contributed by atoms with Gasteiger partial charge in [-0.25, -0.2) is 9.97 Å². The van der Waals surface area contributed by atoms with Crippen molar-refractivity contribution in [2.45, 2.75) is 27.1 Å². The number of hydrogen-bond donors (Lipinski definition) is 0. The monoisotopic (exact) mass is 339 g/mol. The number of benzene rings is 1. The maximum atomic E-state index is 5.56. The first-order valence-electron chi connectivity index (χ1n) is 8.28. The molecule has 0 amide bonds. The van der Waals surface area contributed by atoms with Gasteiger partial charge in [0.05, 0.1) is 11.9 Å². The van der Waals surface area contributed by atoms with Crippen LogP contribution in [0.3, 0.4) is 0 Å². The zero-order chi connectivity index (χ0) is 17.6. The molecule has 1 aromatic carbocycles. The van der Waals surface area contributed by atoms with Crippen molar-refractivity contribution in [3.63, 3.8) is 0 Å². The Balaban J connectivity index is 1.93. The largest absolute Gasteiger partial charge is 0.347 e. The molecule has 0 aliphatic rings. The summed E-state index contributed by atoms with van der Waals surface area (Å²) in [7, 11) is 0. The second kappa shape index (κ2) is 7.96. The first kappa shape index (κ1) is 17.2. The van der Waals surface area contributed by atoms with Crippen LogP contribution in [-0.2, 0) is 9.47 Å². The molecule has 25 heavy (non-hydrogen) atoms. The second-order valence-corrected chi connectivity index (χ2v) is 5.39. The van der Waals surface area contributed by atoms with Crippen molar-refractivity contribution in [2.75, 3.05) is 13.2 Å². The molecule has 2 aromatic heterocycles. The molecule has 0 fully saturated rings. The molecule has 0 aliphatic heterocycles. The van der Waals surface area contributed by atoms with Crippen molar-refractivity contribution < 1.29 is 9.47 Å². The van der Waals surface area contributed by atoms with E-state index in [-0.39, 0.29) is 0 Å². The minimum Gasteiger partial charge on any atom is -0.347 e. The predicted octanol–water partition coefficient (Wildman–Crippen LogP) is 3.10. The standard InChI is InChI=1S/C18H21N5O2/c1-4-24-17(25-5-2)16-12-23(22-21-16)18-19-13(3)11-15(20-18)14-9-7-6-8-10-14/h6-12,17H,4-5H2,1-3H3. The molecule has 0 unspecified atom stereocenters. The number of aryl methyl sites for hydroxylation is 1. The Morgan fingerprint density at radius 2 is 1.76 bits per heavy atom. The van der Waals surface area contributed by atoms with Crippen LogP contribution in [0.25, 0.3) is 17.2 Å². The van der Waals surface area contributed by atoms with E-state index in [1.165, 1.54) is 0 Å². The maximum Gasteiger partial charge on any atom is 0.252 e. The van der Waals surface area contributed by atoms with Gasteiger partial charge in [0.15, 0.2) is 0 Å². The molecule has 3 aromatic rings. The lowest BCUT2D eigenvalue weighted by Crippen LogP contribution is -2.09. The molecule has 3 rings (SSSR count). The van der Waals surface area contributed by atoms with E-state index in [0.29, 0.717) is 24.9 Å². The smallest absolute Gasteiger partial charge is 0.252 e. The highest BCUT2D eigenvalue weighted by Crippen LogP contribution is 2.20. The summed E-state index contributed by atoms with van der Waals surface area (Å²) in [6.45, 7) is 6.80. The average Bonchev–Trinajstić information content (AvgIpc) is 3.12. The quantitative estimate of drug-likeness (QED) is 0.616. The Hall–Kier alpha value is -2.64. The van der Waals surface area contributed by atoms with Crippen LogP contribution in [0, 0.1) is 6.92 Å². The van der Waals surface area contributed by atoms with Gasteiger partial charge in [0.2, 0.25) is 6.29 Å². The van der Waals surface area contributed by atoms with Crippen molar-refractivity contribution in [1.82, 2.24) is 25.0 Å². The van der Waals surface area contributed by atoms with E-state index in [4.69, 9.17) is 9.47 Å². The van der Waals surface area contributed by atoms with Crippen LogP contribution in [0.5, 0.6) is 0 Å². The minimum atomic E-state index is -0.540. The molecule has 0 saturated heterocycles. The summed E-state index contributed by atoms with van der Waals surface area (Å²) >= 11 is 0. The van der Waals surface area contributed by atoms with Gasteiger partial charge in [0, 0.05) is 24.5 Å². The fourth-order valence-corrected chi connectivity index (χ4v) is 2.42. The SMILES string of the molecule is CCOC(OCC)c1cn(-c2nc(C)cc(-c3ccccc3)n2)nn1. The van der Waals surface area contributed by atoms with Gasteiger partial charge in [-0.2, -0.15) is 4.68 Å². The Morgan fingerprint density at radius 1 is 1.04 bits per heavy atom. The Morgan fingerprint density at radius 3 is 2.44 bits per heavy atom. The van der Waals surface area contributed by atoms with E-state index in [2.05, 4.69) is 20.3 Å². The Labute approximate surface area is 146 Å². The summed E-state index contributed by atoms with van der Waals surface area (Å²) in [4.78, 5) is 9.07. The van der Waals surface area contributed by atoms with E-state index >= 15 is 0 Å². The van der Waals surface area contributed by atoms with Gasteiger partial charge in [-0.3, -0.25) is 0 Å². The zero-order valence-electron chi connectivity index (χ0n) is 14.6. The van der Waals surface area contributed by atoms with Gasteiger partial charge >= 0.3 is 0 Å². The normalized spacial score (nSPS) is 11.2. The number of rotatable bonds is 7. The van der Waals surface area contributed by atoms with E-state index in [9.17, 15) is 0 Å². The zero-order valence-corrected chi connectivity index (χ0v) is 14.6. The molecule has 130 valence electrons. The average molecular weight is 339 g/mol. The number of nitrogens with zero attached hydrogens (tertiary/aromatic N) is 5. The highest BCUT2D eigenvalue weighted by molar-refractivity contribution is 5.59. The van der Waals surface area contributed by atoms with Crippen molar-refractivity contribution in [3.05, 3.63) is 54.0 Å². The molecule has 0 radical (unpaired) electrons. The number of hydrogen-bond acceptors (Lipinski definition) is 6. The van der Waals surface area contributed by atoms with Crippen LogP contribution in [-0.4, -0.2) is 38.2 Å². The van der Waals surface area contributed by atoms with Crippen LogP contribution >= 0.6 is 0 Å². The molecule has 2 heterocycles. The molecule has 7 heteroatoms. The van der Waals surface area contributed by atoms with Crippen molar-refractivity contribution >= 4 is 0 Å². The fourth-order valence-electron chi connectivity index (χ4n) is 2.42. The van der Waals surface area contributed by atoms with E-state index in [0.717, 1.165) is 17.0 Å². The molecule has 0 atom stereocenters. The van der Waals surface area contributed by atoms with Gasteiger partial charge in [0.1, 0.15) is 5.69 Å². The molecule has 7 nitrogen and oxygen atoms in total. The first-order valence-corrected chi connectivity index (χ1v) is 8.28. The molecular weight excluding hydrogens is 318 g/mol. The number of ether oxygens (including phenoxy) is 2. The molecular formula is C18H21N5O2. The van der Waals surface area contributed by atoms with Gasteiger partial charge in [-0.15, -0.1) is 5.10 Å². The molecule has 0 aliphatic carbocycles. The lowest BCUT2D eigenvalue weighted by atomic mass is 10.1. The minimum absolute atomic E-state index is 0.462. The van der Waals surface area contributed by atoms with E-state index in [1.54, 1.807) is 10.9 Å². The summed E-state index contributed by atoms with van der Waals surface area (Å²) in [6.07, 6.45) is 1.20. The lowest BCUT2D eigenvalue weighted by molar-refractivity contribution is -0.142. The Bertz CT molecular complexity index is 813. The van der Waals surface area contributed by atoms with Crippen LogP contribution in [0.1, 0.15) is 31.5 Å². The molecule has 0 N–H and O–H groups in total. The highest BCUT2D eigenvalue weighted by Gasteiger charge is 2.17. The topological polar surface area (TPSA) is 75.0 Å².